The zero-order valence-corrected chi connectivity index (χ0v) is 33.4. The summed E-state index contributed by atoms with van der Waals surface area (Å²) in [6, 6.07) is 59.0. The quantitative estimate of drug-likeness (QED) is 0.0739. The molecule has 0 aliphatic carbocycles. The third-order valence-electron chi connectivity index (χ3n) is 11.0. The molecule has 8 rings (SSSR count). The number of aliphatic hydroxyl groups excluding tert-OH is 1. The van der Waals surface area contributed by atoms with Crippen LogP contribution in [-0.4, -0.2) is 51.1 Å². The highest BCUT2D eigenvalue weighted by Crippen LogP contribution is 2.46. The van der Waals surface area contributed by atoms with E-state index in [0.717, 1.165) is 33.4 Å². The molecule has 0 aliphatic heterocycles. The second-order valence-corrected chi connectivity index (χ2v) is 14.5. The van der Waals surface area contributed by atoms with E-state index in [-0.39, 0.29) is 0 Å². The number of hydrogen-bond donors (Lipinski definition) is 2. The molecule has 8 aromatic rings. The maximum atomic E-state index is 12.0. The van der Waals surface area contributed by atoms with E-state index in [0.29, 0.717) is 41.5 Å². The summed E-state index contributed by atoms with van der Waals surface area (Å²) >= 11 is 0. The van der Waals surface area contributed by atoms with E-state index in [1.165, 1.54) is 0 Å². The molecule has 59 heavy (non-hydrogen) atoms. The monoisotopic (exact) mass is 781 g/mol. The Morgan fingerprint density at radius 3 is 1.59 bits per heavy atom. The Morgan fingerprint density at radius 2 is 1.10 bits per heavy atom. The lowest BCUT2D eigenvalue weighted by Gasteiger charge is -2.40. The van der Waals surface area contributed by atoms with Crippen molar-refractivity contribution >= 4 is 17.0 Å². The van der Waals surface area contributed by atoms with Crippen molar-refractivity contribution in [2.75, 3.05) is 19.7 Å². The summed E-state index contributed by atoms with van der Waals surface area (Å²) in [6.07, 6.45) is 0.563. The third-order valence-corrected chi connectivity index (χ3v) is 11.0. The number of methoxy groups -OCH3 is 1. The van der Waals surface area contributed by atoms with E-state index in [1.54, 1.807) is 20.5 Å². The van der Waals surface area contributed by atoms with Gasteiger partial charge in [0.05, 0.1) is 32.8 Å². The highest BCUT2D eigenvalue weighted by Gasteiger charge is 2.44. The molecule has 2 heterocycles. The van der Waals surface area contributed by atoms with Crippen molar-refractivity contribution in [1.82, 2.24) is 19.5 Å². The van der Waals surface area contributed by atoms with Crippen LogP contribution in [0.2, 0.25) is 0 Å². The molecular weight excluding hydrogens is 735 g/mol. The first-order valence-corrected chi connectivity index (χ1v) is 19.8. The van der Waals surface area contributed by atoms with Crippen molar-refractivity contribution in [3.05, 3.63) is 221 Å². The van der Waals surface area contributed by atoms with Gasteiger partial charge >= 0.3 is 0 Å². The van der Waals surface area contributed by atoms with Gasteiger partial charge in [0, 0.05) is 12.1 Å². The predicted octanol–water partition coefficient (Wildman–Crippen LogP) is 9.34. The molecule has 296 valence electrons. The minimum absolute atomic E-state index is 0.339. The summed E-state index contributed by atoms with van der Waals surface area (Å²) < 4.78 is 15.1. The molecule has 9 nitrogen and oxygen atoms in total. The largest absolute Gasteiger partial charge is 0.496 e. The van der Waals surface area contributed by atoms with Gasteiger partial charge in [-0.25, -0.2) is 20.4 Å². The van der Waals surface area contributed by atoms with Crippen LogP contribution in [0.4, 0.5) is 5.82 Å². The van der Waals surface area contributed by atoms with Gasteiger partial charge in [-0.05, 0) is 47.2 Å². The highest BCUT2D eigenvalue weighted by molar-refractivity contribution is 5.83. The number of hydrogen-bond acceptors (Lipinski definition) is 8. The second-order valence-electron chi connectivity index (χ2n) is 14.5. The smallest absolute Gasteiger partial charge is 0.181 e. The van der Waals surface area contributed by atoms with Gasteiger partial charge in [-0.1, -0.05) is 170 Å². The molecule has 0 saturated carbocycles. The summed E-state index contributed by atoms with van der Waals surface area (Å²) in [7, 11) is 3.22. The number of aliphatic hydroxyl groups is 1. The fourth-order valence-corrected chi connectivity index (χ4v) is 8.22. The number of fused-ring (bicyclic) bond motifs is 1. The Kier molecular flexibility index (Phi) is 11.6. The zero-order valence-electron chi connectivity index (χ0n) is 33.4. The lowest BCUT2D eigenvalue weighted by Crippen LogP contribution is -2.40. The number of nitrogens with zero attached hydrogens (tertiary/aromatic N) is 4. The number of rotatable bonds is 16. The molecule has 0 radical (unpaired) electrons. The van der Waals surface area contributed by atoms with Crippen LogP contribution >= 0.6 is 0 Å². The lowest BCUT2D eigenvalue weighted by molar-refractivity contribution is -0.0962. The fourth-order valence-electron chi connectivity index (χ4n) is 8.22. The molecule has 6 aromatic carbocycles. The number of aryl methyl sites for hydroxylation is 1. The van der Waals surface area contributed by atoms with Crippen LogP contribution in [0.1, 0.15) is 52.5 Å². The van der Waals surface area contributed by atoms with Crippen LogP contribution in [-0.2, 0) is 27.1 Å². The number of ether oxygens (including phenoxy) is 2. The Hall–Kier alpha value is -6.65. The molecular formula is C50H47N5O4. The molecule has 2 unspecified atom stereocenters. The van der Waals surface area contributed by atoms with Crippen LogP contribution in [0.5, 0.6) is 5.75 Å². The van der Waals surface area contributed by atoms with Crippen molar-refractivity contribution in [2.24, 2.45) is 0 Å². The number of imidazole rings is 1. The first-order valence-electron chi connectivity index (χ1n) is 19.8. The topological polar surface area (TPSA) is 104 Å². The van der Waals surface area contributed by atoms with Gasteiger partial charge in [-0.2, -0.15) is 0 Å². The number of benzene rings is 6. The maximum absolute atomic E-state index is 12.0. The summed E-state index contributed by atoms with van der Waals surface area (Å²) in [5.74, 6) is 1.66. The van der Waals surface area contributed by atoms with Crippen LogP contribution in [0.15, 0.2) is 182 Å². The molecule has 2 atom stereocenters. The Labute approximate surface area is 344 Å². The van der Waals surface area contributed by atoms with Crippen molar-refractivity contribution in [3.63, 3.8) is 0 Å². The average Bonchev–Trinajstić information content (AvgIpc) is 3.72. The summed E-state index contributed by atoms with van der Waals surface area (Å²) in [6.45, 7) is 2.31. The molecule has 0 fully saturated rings. The van der Waals surface area contributed by atoms with Crippen LogP contribution < -0.4 is 10.2 Å². The standard InChI is InChI=1S/C50H47N5O4/c1-36(59-50(40-27-15-7-16-28-40,41-29-17-8-18-30-41)42-31-19-20-32-44(42)57-2)43(56)33-34-55-35-51-45-46(54-58-3)52-48(53-47(45)55)49(37-21-9-4-10-22-37,38-23-11-5-12-24-38)39-25-13-6-14-26-39/h4-32,35-36,43,56H,33-34H2,1-3H3,(H,52,53,54). The Bertz CT molecular complexity index is 2440. The molecule has 2 N–H and O–H groups in total. The van der Waals surface area contributed by atoms with Crippen molar-refractivity contribution in [3.8, 4) is 5.75 Å². The fraction of sp³-hybridized carbons (Fsp3) is 0.180. The van der Waals surface area contributed by atoms with Gasteiger partial charge < -0.3 is 19.1 Å². The van der Waals surface area contributed by atoms with E-state index >= 15 is 0 Å². The number of anilines is 1. The first kappa shape index (κ1) is 39.2. The van der Waals surface area contributed by atoms with Crippen molar-refractivity contribution in [1.29, 1.82) is 0 Å². The van der Waals surface area contributed by atoms with Gasteiger partial charge in [0.15, 0.2) is 22.8 Å². The normalized spacial score (nSPS) is 12.9. The van der Waals surface area contributed by atoms with Crippen LogP contribution in [0.3, 0.4) is 0 Å². The predicted molar refractivity (Wildman–Crippen MR) is 231 cm³/mol. The van der Waals surface area contributed by atoms with Gasteiger partial charge in [0.1, 0.15) is 16.8 Å². The van der Waals surface area contributed by atoms with E-state index < -0.39 is 23.2 Å². The molecule has 0 spiro atoms. The van der Waals surface area contributed by atoms with Gasteiger partial charge in [0.25, 0.3) is 0 Å². The maximum Gasteiger partial charge on any atom is 0.181 e. The van der Waals surface area contributed by atoms with Gasteiger partial charge in [0.2, 0.25) is 0 Å². The molecule has 0 amide bonds. The minimum Gasteiger partial charge on any atom is -0.496 e. The first-order chi connectivity index (χ1) is 29.0. The summed E-state index contributed by atoms with van der Waals surface area (Å²) in [4.78, 5) is 20.8. The zero-order chi connectivity index (χ0) is 40.7. The highest BCUT2D eigenvalue weighted by atomic mass is 16.6. The van der Waals surface area contributed by atoms with Gasteiger partial charge in [-0.3, -0.25) is 4.84 Å². The van der Waals surface area contributed by atoms with Crippen molar-refractivity contribution < 1.29 is 19.4 Å². The lowest BCUT2D eigenvalue weighted by atomic mass is 9.68. The number of para-hydroxylation sites is 1. The van der Waals surface area contributed by atoms with E-state index in [2.05, 4.69) is 66.1 Å². The number of nitrogens with one attached hydrogen (secondary N) is 1. The molecule has 0 saturated heterocycles. The molecule has 2 aromatic heterocycles. The average molecular weight is 782 g/mol. The van der Waals surface area contributed by atoms with Crippen molar-refractivity contribution in [2.45, 2.75) is 43.1 Å². The summed E-state index contributed by atoms with van der Waals surface area (Å²) in [5, 5.41) is 12.0. The minimum atomic E-state index is -1.10. The molecule has 0 aliphatic rings. The van der Waals surface area contributed by atoms with Crippen LogP contribution in [0, 0.1) is 0 Å². The third kappa shape index (κ3) is 7.36. The Morgan fingerprint density at radius 1 is 0.627 bits per heavy atom. The SMILES string of the molecule is CONc1nc(C(c2ccccc2)(c2ccccc2)c2ccccc2)nc2c1ncn2CCC(O)C(C)OC(c1ccccc1)(c1ccccc1)c1ccccc1OC. The second kappa shape index (κ2) is 17.5. The van der Waals surface area contributed by atoms with Crippen LogP contribution in [0.25, 0.3) is 11.2 Å². The molecule has 0 bridgehead atoms. The van der Waals surface area contributed by atoms with E-state index in [4.69, 9.17) is 29.3 Å². The number of aromatic nitrogens is 4. The van der Waals surface area contributed by atoms with Gasteiger partial charge in [-0.15, -0.1) is 0 Å². The van der Waals surface area contributed by atoms with E-state index in [9.17, 15) is 5.11 Å². The Balaban J connectivity index is 1.20. The van der Waals surface area contributed by atoms with E-state index in [1.807, 2.05) is 127 Å². The molecule has 9 heteroatoms. The summed E-state index contributed by atoms with van der Waals surface area (Å²) in [5.41, 5.74) is 7.79.